The minimum atomic E-state index is -3.63. The molecule has 3 N–H and O–H groups in total. The molecule has 0 aromatic carbocycles. The largest absolute Gasteiger partial charge is 0.380 e. The van der Waals surface area contributed by atoms with Gasteiger partial charge in [0.1, 0.15) is 0 Å². The molecule has 0 spiro atoms. The summed E-state index contributed by atoms with van der Waals surface area (Å²) in [5.74, 6) is 0. The van der Waals surface area contributed by atoms with Crippen LogP contribution in [0.4, 0.5) is 5.13 Å². The highest BCUT2D eigenvalue weighted by Crippen LogP contribution is 2.22. The summed E-state index contributed by atoms with van der Waals surface area (Å²) < 4.78 is 21.8. The Hall–Kier alpha value is -0.790. The second-order valence-electron chi connectivity index (χ2n) is 2.11. The first-order valence-electron chi connectivity index (χ1n) is 2.98. The Balaban J connectivity index is 3.36. The van der Waals surface area contributed by atoms with Crippen molar-refractivity contribution in [2.45, 2.75) is 11.1 Å². The molecule has 0 fully saturated rings. The molecule has 1 heterocycles. The van der Waals surface area contributed by atoms with Gasteiger partial charge in [-0.15, -0.1) is 0 Å². The SMILES string of the molecule is C=[NH+]c1nc(C)c(S(N)(=O)=O)s1. The van der Waals surface area contributed by atoms with E-state index < -0.39 is 10.0 Å². The fraction of sp³-hybridized carbons (Fsp3) is 0.200. The zero-order valence-corrected chi connectivity index (χ0v) is 8.00. The molecule has 12 heavy (non-hydrogen) atoms. The number of rotatable bonds is 2. The van der Waals surface area contributed by atoms with Crippen LogP contribution in [0.1, 0.15) is 5.69 Å². The van der Waals surface area contributed by atoms with E-state index in [-0.39, 0.29) is 4.21 Å². The van der Waals surface area contributed by atoms with Gasteiger partial charge in [-0.2, -0.15) is 0 Å². The van der Waals surface area contributed by atoms with Crippen LogP contribution in [0.3, 0.4) is 0 Å². The van der Waals surface area contributed by atoms with E-state index in [1.54, 1.807) is 6.92 Å². The van der Waals surface area contributed by atoms with Crippen LogP contribution in [0.25, 0.3) is 0 Å². The van der Waals surface area contributed by atoms with Crippen LogP contribution in [0.2, 0.25) is 0 Å². The summed E-state index contributed by atoms with van der Waals surface area (Å²) in [5.41, 5.74) is 0.397. The van der Waals surface area contributed by atoms with Crippen LogP contribution in [0.15, 0.2) is 4.21 Å². The van der Waals surface area contributed by atoms with Gasteiger partial charge in [-0.05, 0) is 16.3 Å². The van der Waals surface area contributed by atoms with Gasteiger partial charge in [0.15, 0.2) is 9.90 Å². The topological polar surface area (TPSA) is 87.0 Å². The van der Waals surface area contributed by atoms with Crippen molar-refractivity contribution in [3.05, 3.63) is 5.69 Å². The quantitative estimate of drug-likeness (QED) is 0.578. The van der Waals surface area contributed by atoms with E-state index in [0.29, 0.717) is 10.8 Å². The number of nitrogens with one attached hydrogen (secondary N) is 1. The molecule has 1 aromatic rings. The van der Waals surface area contributed by atoms with Crippen molar-refractivity contribution in [1.29, 1.82) is 0 Å². The van der Waals surface area contributed by atoms with Gasteiger partial charge in [0, 0.05) is 6.92 Å². The van der Waals surface area contributed by atoms with E-state index >= 15 is 0 Å². The standard InChI is InChI=1S/C5H7N3O2S2/c1-3-4(12(6,9)10)11-5(7-2)8-3/h2H2,1H3,(H2,6,9,10)/p+1. The number of thiazole rings is 1. The average Bonchev–Trinajstić information content (AvgIpc) is 2.29. The number of hydrogen-bond acceptors (Lipinski definition) is 4. The lowest BCUT2D eigenvalue weighted by Gasteiger charge is -1.87. The van der Waals surface area contributed by atoms with Crippen molar-refractivity contribution < 1.29 is 13.4 Å². The van der Waals surface area contributed by atoms with E-state index in [1.807, 2.05) is 0 Å². The van der Waals surface area contributed by atoms with Crippen molar-refractivity contribution in [3.8, 4) is 0 Å². The van der Waals surface area contributed by atoms with Gasteiger partial charge >= 0.3 is 5.13 Å². The Kier molecular flexibility index (Phi) is 2.27. The van der Waals surface area contributed by atoms with Gasteiger partial charge in [-0.1, -0.05) is 0 Å². The Morgan fingerprint density at radius 3 is 2.50 bits per heavy atom. The minimum absolute atomic E-state index is 0.0775. The van der Waals surface area contributed by atoms with E-state index in [0.717, 1.165) is 11.3 Å². The van der Waals surface area contributed by atoms with Gasteiger partial charge in [-0.25, -0.2) is 18.5 Å². The summed E-state index contributed by atoms with van der Waals surface area (Å²) in [6.45, 7) is 4.94. The highest BCUT2D eigenvalue weighted by molar-refractivity contribution is 7.91. The van der Waals surface area contributed by atoms with Crippen LogP contribution >= 0.6 is 11.3 Å². The lowest BCUT2D eigenvalue weighted by Crippen LogP contribution is -2.57. The molecule has 0 radical (unpaired) electrons. The molecule has 0 amide bonds. The molecule has 0 unspecified atom stereocenters. The molecular weight excluding hydrogens is 198 g/mol. The predicted molar refractivity (Wildman–Crippen MR) is 46.0 cm³/mol. The number of sulfonamides is 1. The molecule has 0 atom stereocenters. The summed E-state index contributed by atoms with van der Waals surface area (Å²) >= 11 is 0.969. The molecule has 0 bridgehead atoms. The number of hydrogen-bond donors (Lipinski definition) is 2. The van der Waals surface area contributed by atoms with Gasteiger partial charge in [0.2, 0.25) is 0 Å². The fourth-order valence-corrected chi connectivity index (χ4v) is 2.50. The molecule has 66 valence electrons. The molecule has 1 aromatic heterocycles. The maximum absolute atomic E-state index is 10.9. The Labute approximate surface area is 74.0 Å². The number of primary sulfonamides is 1. The maximum Gasteiger partial charge on any atom is 0.380 e. The third-order valence-electron chi connectivity index (χ3n) is 1.16. The summed E-state index contributed by atoms with van der Waals surface area (Å²) in [7, 11) is -3.63. The van der Waals surface area contributed by atoms with Crippen molar-refractivity contribution in [1.82, 2.24) is 4.98 Å². The zero-order chi connectivity index (χ0) is 9.35. The maximum atomic E-state index is 10.9. The Morgan fingerprint density at radius 1 is 1.67 bits per heavy atom. The van der Waals surface area contributed by atoms with Crippen LogP contribution in [0.5, 0.6) is 0 Å². The first-order valence-corrected chi connectivity index (χ1v) is 5.34. The lowest BCUT2D eigenvalue weighted by molar-refractivity contribution is -0.341. The molecule has 0 saturated carbocycles. The third-order valence-corrected chi connectivity index (χ3v) is 3.83. The Morgan fingerprint density at radius 2 is 2.25 bits per heavy atom. The summed E-state index contributed by atoms with van der Waals surface area (Å²) in [6, 6.07) is 0. The van der Waals surface area contributed by atoms with Gasteiger partial charge in [-0.3, -0.25) is 0 Å². The van der Waals surface area contributed by atoms with E-state index in [2.05, 4.69) is 16.7 Å². The second-order valence-corrected chi connectivity index (χ2v) is 4.87. The third kappa shape index (κ3) is 1.68. The van der Waals surface area contributed by atoms with Crippen molar-refractivity contribution >= 4 is 33.2 Å². The molecular formula is C5H8N3O2S2+. The van der Waals surface area contributed by atoms with E-state index in [4.69, 9.17) is 5.14 Å². The van der Waals surface area contributed by atoms with Crippen LogP contribution < -0.4 is 10.1 Å². The van der Waals surface area contributed by atoms with Crippen molar-refractivity contribution in [2.75, 3.05) is 0 Å². The summed E-state index contributed by atoms with van der Waals surface area (Å²) in [6.07, 6.45) is 0. The highest BCUT2D eigenvalue weighted by atomic mass is 32.2. The summed E-state index contributed by atoms with van der Waals surface area (Å²) in [4.78, 5) is 6.38. The highest BCUT2D eigenvalue weighted by Gasteiger charge is 2.22. The molecule has 1 rings (SSSR count). The molecule has 0 aliphatic rings. The number of aryl methyl sites for hydroxylation is 1. The van der Waals surface area contributed by atoms with Crippen LogP contribution in [0, 0.1) is 6.92 Å². The van der Waals surface area contributed by atoms with Crippen molar-refractivity contribution in [2.24, 2.45) is 5.14 Å². The van der Waals surface area contributed by atoms with Gasteiger partial charge in [0.05, 0.1) is 6.72 Å². The zero-order valence-electron chi connectivity index (χ0n) is 6.36. The lowest BCUT2D eigenvalue weighted by atomic mass is 10.6. The molecule has 7 heteroatoms. The summed E-state index contributed by atoms with van der Waals surface area (Å²) in [5, 5.41) is 5.36. The van der Waals surface area contributed by atoms with Crippen molar-refractivity contribution in [3.63, 3.8) is 0 Å². The fourth-order valence-electron chi connectivity index (χ4n) is 0.722. The average molecular weight is 206 g/mol. The monoisotopic (exact) mass is 206 g/mol. The number of nitrogens with zero attached hydrogens (tertiary/aromatic N) is 1. The normalized spacial score (nSPS) is 11.5. The molecule has 0 aliphatic heterocycles. The first-order chi connectivity index (χ1) is 5.45. The Bertz CT molecular complexity index is 406. The predicted octanol–water partition coefficient (Wildman–Crippen LogP) is -1.49. The van der Waals surface area contributed by atoms with Crippen LogP contribution in [-0.2, 0) is 10.0 Å². The molecule has 0 saturated heterocycles. The smallest absolute Gasteiger partial charge is 0.242 e. The van der Waals surface area contributed by atoms with E-state index in [9.17, 15) is 8.42 Å². The van der Waals surface area contributed by atoms with Gasteiger partial charge in [0.25, 0.3) is 10.0 Å². The van der Waals surface area contributed by atoms with E-state index in [1.165, 1.54) is 0 Å². The molecule has 5 nitrogen and oxygen atoms in total. The number of nitrogens with two attached hydrogens (primary N) is 1. The first kappa shape index (κ1) is 9.30. The van der Waals surface area contributed by atoms with Gasteiger partial charge < -0.3 is 0 Å². The van der Waals surface area contributed by atoms with Crippen LogP contribution in [-0.4, -0.2) is 20.1 Å². The molecule has 0 aliphatic carbocycles. The number of aromatic nitrogens is 1. The minimum Gasteiger partial charge on any atom is -0.242 e. The second kappa shape index (κ2) is 2.92.